The third-order valence-electron chi connectivity index (χ3n) is 11.9. The summed E-state index contributed by atoms with van der Waals surface area (Å²) >= 11 is 0. The maximum atomic E-state index is 14.7. The lowest BCUT2D eigenvalue weighted by Gasteiger charge is -2.44. The molecule has 3 aliphatic rings. The zero-order valence-corrected chi connectivity index (χ0v) is 29.0. The van der Waals surface area contributed by atoms with Gasteiger partial charge in [0.05, 0.1) is 5.92 Å². The number of benzene rings is 8. The molecule has 11 rings (SSSR count). The average molecular weight is 675 g/mol. The van der Waals surface area contributed by atoms with Gasteiger partial charge >= 0.3 is 0 Å². The fraction of sp³-hybridized carbons (Fsp3) is 0.0577. The van der Waals surface area contributed by atoms with E-state index in [4.69, 9.17) is 0 Å². The van der Waals surface area contributed by atoms with E-state index in [1.54, 1.807) is 0 Å². The van der Waals surface area contributed by atoms with Crippen LogP contribution < -0.4 is 0 Å². The zero-order chi connectivity index (χ0) is 35.0. The SMILES string of the molecule is O=C1c2ccccc2-c2cccc3c2C1c1cccc2c1C3c1ccccc1C2c1c(-c2ccccc2)cc(-c2ccccc2)cc1-c1ccccc1. The van der Waals surface area contributed by atoms with E-state index in [-0.39, 0.29) is 23.5 Å². The molecule has 8 aromatic carbocycles. The number of hydrogen-bond donors (Lipinski definition) is 0. The van der Waals surface area contributed by atoms with Crippen LogP contribution in [0.2, 0.25) is 0 Å². The number of rotatable bonds is 4. The van der Waals surface area contributed by atoms with Crippen molar-refractivity contribution in [2.24, 2.45) is 0 Å². The minimum absolute atomic E-state index is 0.0295. The molecule has 0 saturated carbocycles. The van der Waals surface area contributed by atoms with Gasteiger partial charge in [-0.25, -0.2) is 0 Å². The Bertz CT molecular complexity index is 2680. The van der Waals surface area contributed by atoms with E-state index in [1.165, 1.54) is 77.9 Å². The number of Topliss-reactive ketones (excluding diaryl/α,β-unsaturated/α-hetero) is 1. The monoisotopic (exact) mass is 674 g/mol. The maximum absolute atomic E-state index is 14.7. The van der Waals surface area contributed by atoms with Gasteiger partial charge in [-0.15, -0.1) is 0 Å². The fourth-order valence-electron chi connectivity index (χ4n) is 9.81. The summed E-state index contributed by atoms with van der Waals surface area (Å²) in [5.41, 5.74) is 20.4. The van der Waals surface area contributed by atoms with Gasteiger partial charge in [-0.3, -0.25) is 4.79 Å². The molecule has 1 heteroatoms. The molecule has 0 saturated heterocycles. The number of hydrogen-bond acceptors (Lipinski definition) is 1. The van der Waals surface area contributed by atoms with Crippen molar-refractivity contribution in [3.63, 3.8) is 0 Å². The highest BCUT2D eigenvalue weighted by Gasteiger charge is 2.46. The molecule has 3 aliphatic carbocycles. The Morgan fingerprint density at radius 1 is 0.264 bits per heavy atom. The third kappa shape index (κ3) is 4.41. The lowest BCUT2D eigenvalue weighted by molar-refractivity contribution is 0.0970. The summed E-state index contributed by atoms with van der Waals surface area (Å²) in [6.07, 6.45) is 0. The van der Waals surface area contributed by atoms with Crippen molar-refractivity contribution in [1.82, 2.24) is 0 Å². The predicted octanol–water partition coefficient (Wildman–Crippen LogP) is 12.7. The first-order valence-corrected chi connectivity index (χ1v) is 18.6. The molecule has 0 fully saturated rings. The van der Waals surface area contributed by atoms with E-state index >= 15 is 0 Å². The van der Waals surface area contributed by atoms with Gasteiger partial charge in [0.1, 0.15) is 0 Å². The topological polar surface area (TPSA) is 17.1 Å². The summed E-state index contributed by atoms with van der Waals surface area (Å²) in [5.74, 6) is -0.175. The molecule has 53 heavy (non-hydrogen) atoms. The van der Waals surface area contributed by atoms with Crippen LogP contribution in [0.1, 0.15) is 72.6 Å². The summed E-state index contributed by atoms with van der Waals surface area (Å²) < 4.78 is 0. The van der Waals surface area contributed by atoms with E-state index in [2.05, 4.69) is 176 Å². The molecule has 0 bridgehead atoms. The third-order valence-corrected chi connectivity index (χ3v) is 11.9. The number of carbonyl (C=O) groups is 1. The second-order valence-corrected chi connectivity index (χ2v) is 14.6. The van der Waals surface area contributed by atoms with Crippen molar-refractivity contribution in [3.8, 4) is 44.5 Å². The Kier molecular flexibility index (Phi) is 6.66. The molecule has 8 aromatic rings. The van der Waals surface area contributed by atoms with E-state index in [0.717, 1.165) is 16.7 Å². The van der Waals surface area contributed by atoms with E-state index < -0.39 is 0 Å². The van der Waals surface area contributed by atoms with Gasteiger partial charge in [0.15, 0.2) is 5.78 Å². The largest absolute Gasteiger partial charge is 0.293 e. The average Bonchev–Trinajstić information content (AvgIpc) is 3.23. The second-order valence-electron chi connectivity index (χ2n) is 14.6. The summed E-state index contributed by atoms with van der Waals surface area (Å²) in [6, 6.07) is 68.1. The predicted molar refractivity (Wildman–Crippen MR) is 216 cm³/mol. The first-order valence-electron chi connectivity index (χ1n) is 18.6. The minimum atomic E-state index is -0.337. The Balaban J connectivity index is 1.25. The molecule has 1 nitrogen and oxygen atoms in total. The van der Waals surface area contributed by atoms with Crippen LogP contribution in [0.4, 0.5) is 0 Å². The number of fused-ring (bicyclic) bond motifs is 6. The molecule has 0 spiro atoms. The molecule has 3 atom stereocenters. The van der Waals surface area contributed by atoms with Crippen LogP contribution in [0.15, 0.2) is 188 Å². The van der Waals surface area contributed by atoms with Gasteiger partial charge in [0.25, 0.3) is 0 Å². The lowest BCUT2D eigenvalue weighted by Crippen LogP contribution is -2.32. The van der Waals surface area contributed by atoms with Crippen LogP contribution in [0.3, 0.4) is 0 Å². The van der Waals surface area contributed by atoms with Crippen molar-refractivity contribution in [1.29, 1.82) is 0 Å². The quantitative estimate of drug-likeness (QED) is 0.182. The second kappa shape index (κ2) is 11.7. The van der Waals surface area contributed by atoms with Crippen molar-refractivity contribution < 1.29 is 4.79 Å². The standard InChI is InChI=1S/C52H34O/c53-52-40-25-13-10-22-36(40)37-26-14-27-41-46-38-23-11-12-24-39(38)47(42-28-15-29-43(49(42)46)51(52)48(37)41)50-44(33-18-6-2-7-19-33)30-35(32-16-4-1-5-17-32)31-45(50)34-20-8-3-9-21-34/h1-31,46-47,51H. The fourth-order valence-corrected chi connectivity index (χ4v) is 9.81. The molecule has 0 heterocycles. The van der Waals surface area contributed by atoms with Crippen molar-refractivity contribution in [2.75, 3.05) is 0 Å². The molecule has 248 valence electrons. The van der Waals surface area contributed by atoms with Crippen LogP contribution in [-0.4, -0.2) is 5.78 Å². The van der Waals surface area contributed by atoms with E-state index in [1.807, 2.05) is 12.1 Å². The van der Waals surface area contributed by atoms with E-state index in [0.29, 0.717) is 0 Å². The lowest BCUT2D eigenvalue weighted by atomic mass is 9.58. The van der Waals surface area contributed by atoms with Gasteiger partial charge in [0.2, 0.25) is 0 Å². The van der Waals surface area contributed by atoms with Crippen LogP contribution in [0, 0.1) is 0 Å². The highest BCUT2D eigenvalue weighted by atomic mass is 16.1. The number of carbonyl (C=O) groups excluding carboxylic acids is 1. The zero-order valence-electron chi connectivity index (χ0n) is 29.0. The molecule has 0 N–H and O–H groups in total. The molecule has 0 aromatic heterocycles. The highest BCUT2D eigenvalue weighted by molar-refractivity contribution is 6.13. The minimum Gasteiger partial charge on any atom is -0.293 e. The van der Waals surface area contributed by atoms with Crippen LogP contribution in [0.5, 0.6) is 0 Å². The van der Waals surface area contributed by atoms with Gasteiger partial charge in [-0.1, -0.05) is 176 Å². The van der Waals surface area contributed by atoms with Gasteiger partial charge in [-0.2, -0.15) is 0 Å². The van der Waals surface area contributed by atoms with Gasteiger partial charge in [-0.05, 0) is 101 Å². The molecular formula is C52H34O. The van der Waals surface area contributed by atoms with E-state index in [9.17, 15) is 4.79 Å². The Morgan fingerprint density at radius 2 is 0.679 bits per heavy atom. The maximum Gasteiger partial charge on any atom is 0.175 e. The van der Waals surface area contributed by atoms with Crippen LogP contribution in [0.25, 0.3) is 44.5 Å². The molecule has 0 aliphatic heterocycles. The normalized spacial score (nSPS) is 17.3. The van der Waals surface area contributed by atoms with Crippen LogP contribution >= 0.6 is 0 Å². The van der Waals surface area contributed by atoms with Crippen molar-refractivity contribution in [3.05, 3.63) is 238 Å². The summed E-state index contributed by atoms with van der Waals surface area (Å²) in [6.45, 7) is 0. The number of ketones is 1. The summed E-state index contributed by atoms with van der Waals surface area (Å²) in [5, 5.41) is 0. The summed E-state index contributed by atoms with van der Waals surface area (Å²) in [7, 11) is 0. The molecular weight excluding hydrogens is 641 g/mol. The molecule has 3 unspecified atom stereocenters. The van der Waals surface area contributed by atoms with Crippen LogP contribution in [-0.2, 0) is 0 Å². The Labute approximate surface area is 309 Å². The first-order chi connectivity index (χ1) is 26.3. The molecule has 0 radical (unpaired) electrons. The van der Waals surface area contributed by atoms with Crippen molar-refractivity contribution in [2.45, 2.75) is 17.8 Å². The van der Waals surface area contributed by atoms with Crippen molar-refractivity contribution >= 4 is 5.78 Å². The summed E-state index contributed by atoms with van der Waals surface area (Å²) in [4.78, 5) is 14.7. The highest BCUT2D eigenvalue weighted by Crippen LogP contribution is 2.60. The smallest absolute Gasteiger partial charge is 0.175 e. The Hall–Kier alpha value is -6.57. The molecule has 0 amide bonds. The first kappa shape index (κ1) is 30.1. The Morgan fingerprint density at radius 3 is 1.28 bits per heavy atom. The van der Waals surface area contributed by atoms with Gasteiger partial charge < -0.3 is 0 Å². The van der Waals surface area contributed by atoms with Gasteiger partial charge in [0, 0.05) is 17.4 Å².